The first-order valence-electron chi connectivity index (χ1n) is 9.99. The summed E-state index contributed by atoms with van der Waals surface area (Å²) in [6.07, 6.45) is 1.67. The third-order valence-corrected chi connectivity index (χ3v) is 6.92. The predicted molar refractivity (Wildman–Crippen MR) is 129 cm³/mol. The van der Waals surface area contributed by atoms with E-state index in [1.54, 1.807) is 19.4 Å². The maximum atomic E-state index is 12.7. The van der Waals surface area contributed by atoms with E-state index >= 15 is 0 Å². The van der Waals surface area contributed by atoms with Gasteiger partial charge < -0.3 is 15.0 Å². The zero-order chi connectivity index (χ0) is 22.5. The Bertz CT molecular complexity index is 1270. The molecule has 0 spiro atoms. The van der Waals surface area contributed by atoms with Crippen molar-refractivity contribution in [1.29, 1.82) is 0 Å². The van der Waals surface area contributed by atoms with Crippen molar-refractivity contribution in [2.24, 2.45) is 0 Å². The number of ether oxygens (including phenoxy) is 1. The zero-order valence-electron chi connectivity index (χ0n) is 17.6. The fraction of sp³-hybridized carbons (Fsp3) is 0.217. The molecule has 1 aromatic carbocycles. The lowest BCUT2D eigenvalue weighted by molar-refractivity contribution is -0.120. The maximum Gasteiger partial charge on any atom is 0.260 e. The van der Waals surface area contributed by atoms with E-state index in [0.29, 0.717) is 34.2 Å². The molecule has 0 bridgehead atoms. The van der Waals surface area contributed by atoms with Crippen molar-refractivity contribution in [3.63, 3.8) is 0 Å². The van der Waals surface area contributed by atoms with Gasteiger partial charge in [-0.25, -0.2) is 9.97 Å². The smallest absolute Gasteiger partial charge is 0.260 e. The van der Waals surface area contributed by atoms with Crippen molar-refractivity contribution in [1.82, 2.24) is 20.3 Å². The number of amides is 1. The van der Waals surface area contributed by atoms with E-state index < -0.39 is 0 Å². The first-order chi connectivity index (χ1) is 15.5. The quantitative estimate of drug-likeness (QED) is 0.408. The Morgan fingerprint density at radius 2 is 2.06 bits per heavy atom. The lowest BCUT2D eigenvalue weighted by atomic mass is 10.1. The van der Waals surface area contributed by atoms with Crippen LogP contribution in [0.5, 0.6) is 5.88 Å². The van der Waals surface area contributed by atoms with Gasteiger partial charge in [0.1, 0.15) is 10.7 Å². The van der Waals surface area contributed by atoms with Gasteiger partial charge in [-0.1, -0.05) is 36.4 Å². The summed E-state index contributed by atoms with van der Waals surface area (Å²) in [6, 6.07) is 13.4. The number of rotatable bonds is 8. The predicted octanol–water partition coefficient (Wildman–Crippen LogP) is 3.99. The molecule has 7 nitrogen and oxygen atoms in total. The number of nitrogens with one attached hydrogen (secondary N) is 2. The highest BCUT2D eigenvalue weighted by molar-refractivity contribution is 7.99. The minimum Gasteiger partial charge on any atom is -0.481 e. The second-order valence-electron chi connectivity index (χ2n) is 7.09. The second-order valence-corrected chi connectivity index (χ2v) is 9.28. The molecule has 0 saturated heterocycles. The van der Waals surface area contributed by atoms with Crippen molar-refractivity contribution >= 4 is 39.2 Å². The van der Waals surface area contributed by atoms with E-state index in [-0.39, 0.29) is 16.7 Å². The van der Waals surface area contributed by atoms with Gasteiger partial charge in [-0.15, -0.1) is 23.1 Å². The molecule has 4 rings (SSSR count). The van der Waals surface area contributed by atoms with Gasteiger partial charge in [0.25, 0.3) is 5.56 Å². The van der Waals surface area contributed by atoms with E-state index in [1.807, 2.05) is 48.7 Å². The fourth-order valence-corrected chi connectivity index (χ4v) is 4.89. The largest absolute Gasteiger partial charge is 0.481 e. The molecule has 1 atom stereocenters. The van der Waals surface area contributed by atoms with Crippen LogP contribution >= 0.6 is 23.1 Å². The number of benzene rings is 1. The van der Waals surface area contributed by atoms with Crippen LogP contribution in [0.4, 0.5) is 0 Å². The normalized spacial score (nSPS) is 11.9. The molecule has 1 amide bonds. The van der Waals surface area contributed by atoms with Crippen LogP contribution in [-0.2, 0) is 17.1 Å². The minimum absolute atomic E-state index is 0.0864. The lowest BCUT2D eigenvalue weighted by Gasteiger charge is -2.12. The Labute approximate surface area is 193 Å². The molecule has 0 fully saturated rings. The van der Waals surface area contributed by atoms with Crippen molar-refractivity contribution in [3.8, 4) is 17.0 Å². The molecule has 0 aliphatic rings. The number of fused-ring (bicyclic) bond motifs is 1. The SMILES string of the molecule is COc1ccc(CNC(=O)C(C)SCc2nc3scc(-c4ccccc4)c3c(=O)[nH]2)cn1. The van der Waals surface area contributed by atoms with Crippen LogP contribution in [0.1, 0.15) is 18.3 Å². The molecule has 4 aromatic rings. The molecular weight excluding hydrogens is 444 g/mol. The molecule has 3 heterocycles. The number of hydrogen-bond donors (Lipinski definition) is 2. The number of nitrogens with zero attached hydrogens (tertiary/aromatic N) is 2. The standard InChI is InChI=1S/C23H22N4O3S2/c1-14(21(28)25-11-15-8-9-19(30-2)24-10-15)31-13-18-26-22(29)20-17(12-32-23(20)27-18)16-6-4-3-5-7-16/h3-10,12,14H,11,13H2,1-2H3,(H,25,28)(H,26,27,29). The number of pyridine rings is 1. The number of methoxy groups -OCH3 is 1. The number of aromatic amines is 1. The summed E-state index contributed by atoms with van der Waals surface area (Å²) in [6.45, 7) is 2.22. The molecule has 0 aliphatic heterocycles. The Hall–Kier alpha value is -3.17. The van der Waals surface area contributed by atoms with Crippen molar-refractivity contribution in [3.05, 3.63) is 75.8 Å². The number of H-pyrrole nitrogens is 1. The van der Waals surface area contributed by atoms with E-state index in [0.717, 1.165) is 16.7 Å². The molecule has 1 unspecified atom stereocenters. The van der Waals surface area contributed by atoms with Gasteiger partial charge in [0.2, 0.25) is 11.8 Å². The summed E-state index contributed by atoms with van der Waals surface area (Å²) >= 11 is 2.88. The molecule has 2 N–H and O–H groups in total. The van der Waals surface area contributed by atoms with Gasteiger partial charge in [-0.2, -0.15) is 0 Å². The van der Waals surface area contributed by atoms with E-state index in [2.05, 4.69) is 20.3 Å². The molecule has 3 aromatic heterocycles. The number of thioether (sulfide) groups is 1. The molecule has 0 aliphatic carbocycles. The molecule has 164 valence electrons. The second kappa shape index (κ2) is 9.97. The average molecular weight is 467 g/mol. The van der Waals surface area contributed by atoms with Crippen molar-refractivity contribution < 1.29 is 9.53 Å². The van der Waals surface area contributed by atoms with E-state index in [1.165, 1.54) is 23.1 Å². The topological polar surface area (TPSA) is 97.0 Å². The van der Waals surface area contributed by atoms with Crippen molar-refractivity contribution in [2.45, 2.75) is 24.5 Å². The summed E-state index contributed by atoms with van der Waals surface area (Å²) in [5.74, 6) is 1.44. The van der Waals surface area contributed by atoms with Gasteiger partial charge in [0, 0.05) is 29.8 Å². The molecular formula is C23H22N4O3S2. The number of hydrogen-bond acceptors (Lipinski definition) is 7. The third-order valence-electron chi connectivity index (χ3n) is 4.89. The number of carbonyl (C=O) groups excluding carboxylic acids is 1. The van der Waals surface area contributed by atoms with Gasteiger partial charge >= 0.3 is 0 Å². The average Bonchev–Trinajstić information content (AvgIpc) is 3.26. The van der Waals surface area contributed by atoms with Gasteiger partial charge in [0.15, 0.2) is 0 Å². The first kappa shape index (κ1) is 22.0. The summed E-state index contributed by atoms with van der Waals surface area (Å²) in [5.41, 5.74) is 2.61. The zero-order valence-corrected chi connectivity index (χ0v) is 19.3. The summed E-state index contributed by atoms with van der Waals surface area (Å²) in [7, 11) is 1.56. The molecule has 9 heteroatoms. The lowest BCUT2D eigenvalue weighted by Crippen LogP contribution is -2.30. The number of carbonyl (C=O) groups is 1. The first-order valence-corrected chi connectivity index (χ1v) is 11.9. The third kappa shape index (κ3) is 5.00. The van der Waals surface area contributed by atoms with Crippen LogP contribution < -0.4 is 15.6 Å². The Morgan fingerprint density at radius 1 is 1.25 bits per heavy atom. The molecule has 0 saturated carbocycles. The highest BCUT2D eigenvalue weighted by Gasteiger charge is 2.16. The van der Waals surface area contributed by atoms with Gasteiger partial charge in [0.05, 0.1) is 23.5 Å². The highest BCUT2D eigenvalue weighted by atomic mass is 32.2. The Balaban J connectivity index is 1.38. The summed E-state index contributed by atoms with van der Waals surface area (Å²) in [5, 5.41) is 5.17. The summed E-state index contributed by atoms with van der Waals surface area (Å²) < 4.78 is 5.03. The van der Waals surface area contributed by atoms with Crippen LogP contribution in [0.2, 0.25) is 0 Å². The maximum absolute atomic E-state index is 12.7. The van der Waals surface area contributed by atoms with Crippen LogP contribution in [0.3, 0.4) is 0 Å². The van der Waals surface area contributed by atoms with E-state index in [4.69, 9.17) is 4.74 Å². The fourth-order valence-electron chi connectivity index (χ4n) is 3.14. The van der Waals surface area contributed by atoms with Gasteiger partial charge in [-0.3, -0.25) is 9.59 Å². The van der Waals surface area contributed by atoms with E-state index in [9.17, 15) is 9.59 Å². The van der Waals surface area contributed by atoms with Crippen LogP contribution in [0, 0.1) is 0 Å². The Kier molecular flexibility index (Phi) is 6.87. The van der Waals surface area contributed by atoms with Crippen LogP contribution in [-0.4, -0.2) is 33.2 Å². The molecule has 0 radical (unpaired) electrons. The number of thiophene rings is 1. The van der Waals surface area contributed by atoms with Crippen LogP contribution in [0.15, 0.2) is 58.8 Å². The molecule has 32 heavy (non-hydrogen) atoms. The van der Waals surface area contributed by atoms with Gasteiger partial charge in [-0.05, 0) is 18.1 Å². The monoisotopic (exact) mass is 466 g/mol. The number of aromatic nitrogens is 3. The van der Waals surface area contributed by atoms with Crippen molar-refractivity contribution in [2.75, 3.05) is 7.11 Å². The Morgan fingerprint density at radius 3 is 2.78 bits per heavy atom. The summed E-state index contributed by atoms with van der Waals surface area (Å²) in [4.78, 5) is 37.5. The van der Waals surface area contributed by atoms with Crippen LogP contribution in [0.25, 0.3) is 21.3 Å². The highest BCUT2D eigenvalue weighted by Crippen LogP contribution is 2.30. The minimum atomic E-state index is -0.301.